The van der Waals surface area contributed by atoms with Gasteiger partial charge in [-0.1, -0.05) is 280 Å². The van der Waals surface area contributed by atoms with Gasteiger partial charge < -0.3 is 14.2 Å². The molecular formula is C67H118O6. The number of allylic oxidation sites excluding steroid dienone is 12. The summed E-state index contributed by atoms with van der Waals surface area (Å²) in [4.78, 5) is 38.3. The molecule has 0 aromatic heterocycles. The van der Waals surface area contributed by atoms with E-state index in [9.17, 15) is 14.4 Å². The lowest BCUT2D eigenvalue weighted by Gasteiger charge is -2.18. The summed E-state index contributed by atoms with van der Waals surface area (Å²) in [7, 11) is 0. The molecule has 0 aromatic rings. The molecule has 0 saturated carbocycles. The van der Waals surface area contributed by atoms with E-state index in [1.54, 1.807) is 0 Å². The Morgan fingerprint density at radius 3 is 0.849 bits per heavy atom. The maximum Gasteiger partial charge on any atom is 0.306 e. The fourth-order valence-electron chi connectivity index (χ4n) is 9.00. The number of carbonyl (C=O) groups excluding carboxylic acids is 3. The number of unbranched alkanes of at least 4 members (excludes halogenated alkanes) is 34. The van der Waals surface area contributed by atoms with Gasteiger partial charge >= 0.3 is 17.9 Å². The fourth-order valence-corrected chi connectivity index (χ4v) is 9.00. The molecule has 0 amide bonds. The summed E-state index contributed by atoms with van der Waals surface area (Å²) in [6, 6.07) is 0. The molecule has 0 rings (SSSR count). The Bertz CT molecular complexity index is 1360. The highest BCUT2D eigenvalue weighted by atomic mass is 16.6. The summed E-state index contributed by atoms with van der Waals surface area (Å²) >= 11 is 0. The van der Waals surface area contributed by atoms with Gasteiger partial charge in [-0.15, -0.1) is 0 Å². The molecule has 0 N–H and O–H groups in total. The normalized spacial score (nSPS) is 12.5. The van der Waals surface area contributed by atoms with Crippen LogP contribution in [0.4, 0.5) is 0 Å². The van der Waals surface area contributed by atoms with E-state index in [1.165, 1.54) is 180 Å². The van der Waals surface area contributed by atoms with Crippen LogP contribution in [-0.2, 0) is 28.6 Å². The minimum absolute atomic E-state index is 0.0765. The van der Waals surface area contributed by atoms with E-state index in [2.05, 4.69) is 93.7 Å². The molecule has 1 atom stereocenters. The minimum Gasteiger partial charge on any atom is -0.462 e. The molecule has 0 aliphatic carbocycles. The van der Waals surface area contributed by atoms with Crippen molar-refractivity contribution in [2.45, 2.75) is 322 Å². The van der Waals surface area contributed by atoms with Crippen LogP contribution in [0.1, 0.15) is 316 Å². The highest BCUT2D eigenvalue weighted by Crippen LogP contribution is 2.16. The zero-order valence-corrected chi connectivity index (χ0v) is 48.4. The largest absolute Gasteiger partial charge is 0.462 e. The lowest BCUT2D eigenvalue weighted by Crippen LogP contribution is -2.30. The first-order valence-corrected chi connectivity index (χ1v) is 31.4. The Morgan fingerprint density at radius 1 is 0.288 bits per heavy atom. The molecule has 0 saturated heterocycles. The third-order valence-corrected chi connectivity index (χ3v) is 13.7. The van der Waals surface area contributed by atoms with Gasteiger partial charge in [-0.25, -0.2) is 0 Å². The zero-order chi connectivity index (χ0) is 52.9. The SMILES string of the molecule is CC/C=C\C/C=C\C/C=C\C/C=C\C/C=C\CCCCCCCCCC(=O)OCC(COC(=O)CCCCCCCCCCCCCCC)OC(=O)CCCCCCCCCCC/C=C\CCCCCCCC. The molecule has 0 aliphatic heterocycles. The van der Waals surface area contributed by atoms with Crippen molar-refractivity contribution in [3.8, 4) is 0 Å². The molecule has 0 spiro atoms. The highest BCUT2D eigenvalue weighted by molar-refractivity contribution is 5.71. The summed E-state index contributed by atoms with van der Waals surface area (Å²) in [6.45, 7) is 6.55. The molecule has 0 aromatic carbocycles. The predicted molar refractivity (Wildman–Crippen MR) is 316 cm³/mol. The maximum atomic E-state index is 12.9. The van der Waals surface area contributed by atoms with Crippen molar-refractivity contribution in [3.05, 3.63) is 72.9 Å². The van der Waals surface area contributed by atoms with E-state index in [0.717, 1.165) is 96.3 Å². The van der Waals surface area contributed by atoms with Crippen molar-refractivity contribution in [3.63, 3.8) is 0 Å². The Hall–Kier alpha value is -3.15. The van der Waals surface area contributed by atoms with Crippen LogP contribution in [0, 0.1) is 0 Å². The van der Waals surface area contributed by atoms with Crippen molar-refractivity contribution in [2.75, 3.05) is 13.2 Å². The summed E-state index contributed by atoms with van der Waals surface area (Å²) < 4.78 is 16.9. The summed E-state index contributed by atoms with van der Waals surface area (Å²) in [5.74, 6) is -0.875. The number of ether oxygens (including phenoxy) is 3. The summed E-state index contributed by atoms with van der Waals surface area (Å²) in [5.41, 5.74) is 0. The van der Waals surface area contributed by atoms with E-state index >= 15 is 0 Å². The molecule has 1 unspecified atom stereocenters. The molecule has 0 fully saturated rings. The van der Waals surface area contributed by atoms with Crippen LogP contribution < -0.4 is 0 Å². The predicted octanol–water partition coefficient (Wildman–Crippen LogP) is 21.3. The van der Waals surface area contributed by atoms with Gasteiger partial charge in [-0.3, -0.25) is 14.4 Å². The maximum absolute atomic E-state index is 12.9. The van der Waals surface area contributed by atoms with Crippen molar-refractivity contribution in [1.29, 1.82) is 0 Å². The number of carbonyl (C=O) groups is 3. The second kappa shape index (κ2) is 61.4. The van der Waals surface area contributed by atoms with Crippen molar-refractivity contribution in [1.82, 2.24) is 0 Å². The van der Waals surface area contributed by atoms with Gasteiger partial charge in [0.1, 0.15) is 13.2 Å². The Labute approximate surface area is 453 Å². The van der Waals surface area contributed by atoms with Gasteiger partial charge in [0.05, 0.1) is 0 Å². The molecule has 73 heavy (non-hydrogen) atoms. The van der Waals surface area contributed by atoms with Gasteiger partial charge in [0, 0.05) is 19.3 Å². The van der Waals surface area contributed by atoms with Crippen LogP contribution in [0.3, 0.4) is 0 Å². The molecule has 0 aliphatic rings. The van der Waals surface area contributed by atoms with Gasteiger partial charge in [0.15, 0.2) is 6.10 Å². The lowest BCUT2D eigenvalue weighted by atomic mass is 10.0. The standard InChI is InChI=1S/C67H118O6/c1-4-7-10-13-16-19-22-25-27-29-31-32-33-34-36-37-39-42-45-48-51-54-57-60-66(69)72-63-64(62-71-65(68)59-56-53-50-47-44-41-24-21-18-15-12-9-6-3)73-67(70)61-58-55-52-49-46-43-40-38-35-30-28-26-23-20-17-14-11-8-5-2/h7,10,16,19,25-28,31-32,34,36,64H,4-6,8-9,11-15,17-18,20-24,29-30,33,35,37-63H2,1-3H3/b10-7-,19-16-,27-25-,28-26-,32-31-,36-34-. The van der Waals surface area contributed by atoms with Gasteiger partial charge in [0.25, 0.3) is 0 Å². The van der Waals surface area contributed by atoms with Crippen LogP contribution >= 0.6 is 0 Å². The fraction of sp³-hybridized carbons (Fsp3) is 0.776. The Balaban J connectivity index is 4.35. The van der Waals surface area contributed by atoms with Crippen molar-refractivity contribution < 1.29 is 28.6 Å². The number of hydrogen-bond donors (Lipinski definition) is 0. The topological polar surface area (TPSA) is 78.9 Å². The van der Waals surface area contributed by atoms with Gasteiger partial charge in [0.2, 0.25) is 0 Å². The van der Waals surface area contributed by atoms with Crippen LogP contribution in [0.15, 0.2) is 72.9 Å². The van der Waals surface area contributed by atoms with Crippen LogP contribution in [-0.4, -0.2) is 37.2 Å². The molecule has 0 radical (unpaired) electrons. The molecule has 6 heteroatoms. The third-order valence-electron chi connectivity index (χ3n) is 13.7. The van der Waals surface area contributed by atoms with Gasteiger partial charge in [-0.05, 0) is 89.9 Å². The quantitative estimate of drug-likeness (QED) is 0.0261. The van der Waals surface area contributed by atoms with E-state index in [4.69, 9.17) is 14.2 Å². The minimum atomic E-state index is -0.780. The Morgan fingerprint density at radius 2 is 0.534 bits per heavy atom. The first kappa shape index (κ1) is 69.8. The van der Waals surface area contributed by atoms with Crippen LogP contribution in [0.5, 0.6) is 0 Å². The zero-order valence-electron chi connectivity index (χ0n) is 48.4. The summed E-state index contributed by atoms with van der Waals surface area (Å²) in [5, 5.41) is 0. The smallest absolute Gasteiger partial charge is 0.306 e. The molecular weight excluding hydrogens is 901 g/mol. The molecule has 0 heterocycles. The van der Waals surface area contributed by atoms with Crippen molar-refractivity contribution >= 4 is 17.9 Å². The first-order chi connectivity index (χ1) is 36.0. The molecule has 422 valence electrons. The average molecular weight is 1020 g/mol. The lowest BCUT2D eigenvalue weighted by molar-refractivity contribution is -0.167. The highest BCUT2D eigenvalue weighted by Gasteiger charge is 2.19. The average Bonchev–Trinajstić information content (AvgIpc) is 3.39. The first-order valence-electron chi connectivity index (χ1n) is 31.4. The van der Waals surface area contributed by atoms with Crippen molar-refractivity contribution in [2.24, 2.45) is 0 Å². The number of rotatable bonds is 57. The van der Waals surface area contributed by atoms with E-state index in [1.807, 2.05) is 0 Å². The van der Waals surface area contributed by atoms with Crippen LogP contribution in [0.25, 0.3) is 0 Å². The van der Waals surface area contributed by atoms with Gasteiger partial charge in [-0.2, -0.15) is 0 Å². The van der Waals surface area contributed by atoms with E-state index in [0.29, 0.717) is 19.3 Å². The Kier molecular flexibility index (Phi) is 58.7. The van der Waals surface area contributed by atoms with E-state index in [-0.39, 0.29) is 31.1 Å². The second-order valence-corrected chi connectivity index (χ2v) is 20.9. The third kappa shape index (κ3) is 59.6. The molecule has 0 bridgehead atoms. The number of hydrogen-bond acceptors (Lipinski definition) is 6. The second-order valence-electron chi connectivity index (χ2n) is 20.9. The monoisotopic (exact) mass is 1020 g/mol. The summed E-state index contributed by atoms with van der Waals surface area (Å²) in [6.07, 6.45) is 79.0. The van der Waals surface area contributed by atoms with E-state index < -0.39 is 6.10 Å². The molecule has 6 nitrogen and oxygen atoms in total. The van der Waals surface area contributed by atoms with Crippen LogP contribution in [0.2, 0.25) is 0 Å². The number of esters is 3.